The Balaban J connectivity index is 2.79. The number of nitrogens with two attached hydrogens (primary N) is 1. The quantitative estimate of drug-likeness (QED) is 0.646. The lowest BCUT2D eigenvalue weighted by atomic mass is 10.2. The number of anilines is 1. The number of hydrogen-bond donors (Lipinski definition) is 2. The molecule has 0 saturated heterocycles. The molecule has 0 aliphatic heterocycles. The van der Waals surface area contributed by atoms with E-state index in [0.29, 0.717) is 5.82 Å². The van der Waals surface area contributed by atoms with Crippen molar-refractivity contribution in [2.24, 2.45) is 0 Å². The molecule has 1 aromatic rings. The lowest BCUT2D eigenvalue weighted by Gasteiger charge is -2.07. The van der Waals surface area contributed by atoms with Crippen LogP contribution in [-0.2, 0) is 6.54 Å². The van der Waals surface area contributed by atoms with Crippen molar-refractivity contribution in [1.29, 1.82) is 0 Å². The van der Waals surface area contributed by atoms with Gasteiger partial charge in [-0.15, -0.1) is 0 Å². The summed E-state index contributed by atoms with van der Waals surface area (Å²) in [5, 5.41) is 6.78. The summed E-state index contributed by atoms with van der Waals surface area (Å²) in [6, 6.07) is 0. The van der Waals surface area contributed by atoms with Crippen LogP contribution in [0.5, 0.6) is 0 Å². The van der Waals surface area contributed by atoms with E-state index < -0.39 is 0 Å². The molecule has 0 aliphatic rings. The molecule has 0 spiro atoms. The van der Waals surface area contributed by atoms with Gasteiger partial charge in [-0.1, -0.05) is 0 Å². The fourth-order valence-corrected chi connectivity index (χ4v) is 0.920. The minimum absolute atomic E-state index is 0.599. The first-order valence-electron chi connectivity index (χ1n) is 3.55. The number of nitrogens with zero attached hydrogens (tertiary/aromatic N) is 2. The molecule has 0 aliphatic carbocycles. The van der Waals surface area contributed by atoms with Crippen LogP contribution in [0.15, 0.2) is 0 Å². The number of aromatic amines is 1. The van der Waals surface area contributed by atoms with Gasteiger partial charge >= 0.3 is 0 Å². The second kappa shape index (κ2) is 2.92. The smallest absolute Gasteiger partial charge is 0.148 e. The molecular weight excluding hydrogens is 140 g/mol. The summed E-state index contributed by atoms with van der Waals surface area (Å²) >= 11 is 0. The molecule has 0 unspecified atom stereocenters. The standard InChI is InChI=1S/C7H14N4/c1-5-6(4-11(2)3)9-10-7(5)8/h4H2,1-3H3,(H3,8,9,10). The maximum Gasteiger partial charge on any atom is 0.148 e. The highest BCUT2D eigenvalue weighted by atomic mass is 15.2. The molecule has 62 valence electrons. The van der Waals surface area contributed by atoms with Crippen LogP contribution in [0.25, 0.3) is 0 Å². The first-order valence-corrected chi connectivity index (χ1v) is 3.55. The van der Waals surface area contributed by atoms with Crippen LogP contribution >= 0.6 is 0 Å². The zero-order valence-electron chi connectivity index (χ0n) is 7.18. The Bertz CT molecular complexity index is 239. The van der Waals surface area contributed by atoms with Gasteiger partial charge in [0.15, 0.2) is 0 Å². The molecule has 0 atom stereocenters. The molecule has 11 heavy (non-hydrogen) atoms. The number of hydrogen-bond acceptors (Lipinski definition) is 3. The molecule has 0 aromatic carbocycles. The monoisotopic (exact) mass is 154 g/mol. The predicted octanol–water partition coefficient (Wildman–Crippen LogP) is 0.362. The van der Waals surface area contributed by atoms with Crippen LogP contribution in [0, 0.1) is 6.92 Å². The van der Waals surface area contributed by atoms with Gasteiger partial charge in [0.05, 0.1) is 5.69 Å². The summed E-state index contributed by atoms with van der Waals surface area (Å²) in [5.41, 5.74) is 7.70. The maximum absolute atomic E-state index is 5.56. The van der Waals surface area contributed by atoms with Crippen LogP contribution in [-0.4, -0.2) is 29.2 Å². The Morgan fingerprint density at radius 3 is 2.55 bits per heavy atom. The molecule has 0 radical (unpaired) electrons. The summed E-state index contributed by atoms with van der Waals surface area (Å²) < 4.78 is 0. The third kappa shape index (κ3) is 1.71. The largest absolute Gasteiger partial charge is 0.382 e. The minimum Gasteiger partial charge on any atom is -0.382 e. The second-order valence-electron chi connectivity index (χ2n) is 2.95. The van der Waals surface area contributed by atoms with Gasteiger partial charge in [0, 0.05) is 12.1 Å². The summed E-state index contributed by atoms with van der Waals surface area (Å²) in [4.78, 5) is 2.07. The van der Waals surface area contributed by atoms with Crippen LogP contribution in [0.1, 0.15) is 11.3 Å². The Morgan fingerprint density at radius 1 is 1.55 bits per heavy atom. The molecule has 4 heteroatoms. The third-order valence-corrected chi connectivity index (χ3v) is 1.62. The van der Waals surface area contributed by atoms with Crippen molar-refractivity contribution in [2.45, 2.75) is 13.5 Å². The third-order valence-electron chi connectivity index (χ3n) is 1.62. The Labute approximate surface area is 66.4 Å². The van der Waals surface area contributed by atoms with E-state index in [1.807, 2.05) is 21.0 Å². The lowest BCUT2D eigenvalue weighted by molar-refractivity contribution is 0.395. The summed E-state index contributed by atoms with van der Waals surface area (Å²) in [5.74, 6) is 0.599. The number of nitrogen functional groups attached to an aromatic ring is 1. The first-order chi connectivity index (χ1) is 5.11. The van der Waals surface area contributed by atoms with Crippen molar-refractivity contribution < 1.29 is 0 Å². The van der Waals surface area contributed by atoms with Crippen molar-refractivity contribution in [3.63, 3.8) is 0 Å². The zero-order chi connectivity index (χ0) is 8.43. The van der Waals surface area contributed by atoms with Gasteiger partial charge in [-0.25, -0.2) is 0 Å². The van der Waals surface area contributed by atoms with E-state index in [9.17, 15) is 0 Å². The molecule has 3 N–H and O–H groups in total. The minimum atomic E-state index is 0.599. The van der Waals surface area contributed by atoms with Crippen LogP contribution < -0.4 is 5.73 Å². The van der Waals surface area contributed by atoms with Gasteiger partial charge in [-0.3, -0.25) is 5.10 Å². The zero-order valence-corrected chi connectivity index (χ0v) is 7.18. The second-order valence-corrected chi connectivity index (χ2v) is 2.95. The molecule has 4 nitrogen and oxygen atoms in total. The van der Waals surface area contributed by atoms with E-state index in [4.69, 9.17) is 5.73 Å². The molecule has 0 amide bonds. The fourth-order valence-electron chi connectivity index (χ4n) is 0.920. The molecule has 0 fully saturated rings. The average molecular weight is 154 g/mol. The Kier molecular flexibility index (Phi) is 2.14. The van der Waals surface area contributed by atoms with Gasteiger partial charge in [0.1, 0.15) is 5.82 Å². The average Bonchev–Trinajstić information content (AvgIpc) is 2.18. The van der Waals surface area contributed by atoms with Gasteiger partial charge < -0.3 is 10.6 Å². The van der Waals surface area contributed by atoms with Crippen LogP contribution in [0.2, 0.25) is 0 Å². The van der Waals surface area contributed by atoms with E-state index in [1.54, 1.807) is 0 Å². The predicted molar refractivity (Wildman–Crippen MR) is 45.1 cm³/mol. The maximum atomic E-state index is 5.56. The highest BCUT2D eigenvalue weighted by Gasteiger charge is 2.05. The molecular formula is C7H14N4. The van der Waals surface area contributed by atoms with Gasteiger partial charge in [-0.2, -0.15) is 5.10 Å². The van der Waals surface area contributed by atoms with Gasteiger partial charge in [0.2, 0.25) is 0 Å². The van der Waals surface area contributed by atoms with E-state index in [-0.39, 0.29) is 0 Å². The topological polar surface area (TPSA) is 57.9 Å². The van der Waals surface area contributed by atoms with Crippen molar-refractivity contribution in [3.05, 3.63) is 11.3 Å². The number of aromatic nitrogens is 2. The molecule has 1 aromatic heterocycles. The number of rotatable bonds is 2. The van der Waals surface area contributed by atoms with Crippen molar-refractivity contribution >= 4 is 5.82 Å². The van der Waals surface area contributed by atoms with E-state index in [0.717, 1.165) is 17.8 Å². The summed E-state index contributed by atoms with van der Waals surface area (Å²) in [6.07, 6.45) is 0. The van der Waals surface area contributed by atoms with Crippen molar-refractivity contribution in [2.75, 3.05) is 19.8 Å². The molecule has 0 saturated carbocycles. The van der Waals surface area contributed by atoms with Gasteiger partial charge in [0.25, 0.3) is 0 Å². The first kappa shape index (κ1) is 8.07. The van der Waals surface area contributed by atoms with E-state index in [2.05, 4.69) is 15.1 Å². The molecule has 1 rings (SSSR count). The Hall–Kier alpha value is -1.03. The van der Waals surface area contributed by atoms with Crippen molar-refractivity contribution in [1.82, 2.24) is 15.1 Å². The fraction of sp³-hybridized carbons (Fsp3) is 0.571. The number of nitrogens with one attached hydrogen (secondary N) is 1. The van der Waals surface area contributed by atoms with E-state index in [1.165, 1.54) is 0 Å². The Morgan fingerprint density at radius 2 is 2.18 bits per heavy atom. The van der Waals surface area contributed by atoms with Gasteiger partial charge in [-0.05, 0) is 21.0 Å². The van der Waals surface area contributed by atoms with Crippen LogP contribution in [0.4, 0.5) is 5.82 Å². The van der Waals surface area contributed by atoms with Crippen LogP contribution in [0.3, 0.4) is 0 Å². The highest BCUT2D eigenvalue weighted by molar-refractivity contribution is 5.40. The molecule has 1 heterocycles. The van der Waals surface area contributed by atoms with Crippen molar-refractivity contribution in [3.8, 4) is 0 Å². The lowest BCUT2D eigenvalue weighted by Crippen LogP contribution is -2.11. The summed E-state index contributed by atoms with van der Waals surface area (Å²) in [7, 11) is 4.02. The SMILES string of the molecule is Cc1c(N)n[nH]c1CN(C)C. The molecule has 0 bridgehead atoms. The number of H-pyrrole nitrogens is 1. The summed E-state index contributed by atoms with van der Waals surface area (Å²) in [6.45, 7) is 2.83. The normalized spacial score (nSPS) is 10.9. The highest BCUT2D eigenvalue weighted by Crippen LogP contribution is 2.11. The van der Waals surface area contributed by atoms with E-state index >= 15 is 0 Å².